The van der Waals surface area contributed by atoms with E-state index in [1.54, 1.807) is 7.11 Å². The maximum absolute atomic E-state index is 13.4. The predicted octanol–water partition coefficient (Wildman–Crippen LogP) is 5.12. The summed E-state index contributed by atoms with van der Waals surface area (Å²) in [5.74, 6) is 4.05. The van der Waals surface area contributed by atoms with E-state index in [1.165, 1.54) is 31.0 Å². The van der Waals surface area contributed by atoms with Crippen molar-refractivity contribution in [3.63, 3.8) is 0 Å². The van der Waals surface area contributed by atoms with Gasteiger partial charge in [0.05, 0.1) is 18.9 Å². The number of halogens is 1. The van der Waals surface area contributed by atoms with E-state index in [4.69, 9.17) is 16.3 Å². The van der Waals surface area contributed by atoms with Crippen molar-refractivity contribution in [2.45, 2.75) is 50.2 Å². The van der Waals surface area contributed by atoms with Crippen molar-refractivity contribution >= 4 is 29.1 Å². The standard InChI is InChI=1S/C23H28ClN3O2S/c1-29-7-6-27-21(18-2-4-19(24)5-3-18)25-26-22(27)30-14-20(28)23-11-15-8-16(12-23)10-17(9-15)13-23/h2-5,15-17H,6-14H2,1H3. The predicted molar refractivity (Wildman–Crippen MR) is 119 cm³/mol. The number of aromatic nitrogens is 3. The molecule has 4 aliphatic rings. The largest absolute Gasteiger partial charge is 0.383 e. The summed E-state index contributed by atoms with van der Waals surface area (Å²) in [7, 11) is 1.69. The van der Waals surface area contributed by atoms with Gasteiger partial charge in [-0.3, -0.25) is 9.36 Å². The van der Waals surface area contributed by atoms with Gasteiger partial charge in [0.1, 0.15) is 5.78 Å². The SMILES string of the molecule is COCCn1c(SCC(=O)C23CC4CC(CC(C4)C2)C3)nnc1-c1ccc(Cl)cc1. The summed E-state index contributed by atoms with van der Waals surface area (Å²) < 4.78 is 7.36. The van der Waals surface area contributed by atoms with E-state index >= 15 is 0 Å². The van der Waals surface area contributed by atoms with Gasteiger partial charge < -0.3 is 4.74 Å². The maximum atomic E-state index is 13.4. The lowest BCUT2D eigenvalue weighted by atomic mass is 9.48. The van der Waals surface area contributed by atoms with E-state index in [1.807, 2.05) is 24.3 Å². The zero-order chi connectivity index (χ0) is 20.7. The molecule has 160 valence electrons. The minimum absolute atomic E-state index is 0.0574. The molecule has 0 aliphatic heterocycles. The van der Waals surface area contributed by atoms with Crippen molar-refractivity contribution in [3.8, 4) is 11.4 Å². The molecule has 0 unspecified atom stereocenters. The molecular formula is C23H28ClN3O2S. The molecule has 30 heavy (non-hydrogen) atoms. The number of nitrogens with zero attached hydrogens (tertiary/aromatic N) is 3. The third kappa shape index (κ3) is 3.82. The Morgan fingerprint density at radius 3 is 2.37 bits per heavy atom. The molecule has 4 bridgehead atoms. The van der Waals surface area contributed by atoms with Crippen LogP contribution in [-0.2, 0) is 16.1 Å². The maximum Gasteiger partial charge on any atom is 0.192 e. The minimum atomic E-state index is -0.0574. The highest BCUT2D eigenvalue weighted by atomic mass is 35.5. The molecule has 0 atom stereocenters. The molecule has 0 spiro atoms. The molecule has 0 radical (unpaired) electrons. The van der Waals surface area contributed by atoms with E-state index in [9.17, 15) is 4.79 Å². The Morgan fingerprint density at radius 1 is 1.13 bits per heavy atom. The minimum Gasteiger partial charge on any atom is -0.383 e. The number of ether oxygens (including phenoxy) is 1. The highest BCUT2D eigenvalue weighted by Gasteiger charge is 2.54. The van der Waals surface area contributed by atoms with Crippen molar-refractivity contribution < 1.29 is 9.53 Å². The molecule has 1 aromatic heterocycles. The van der Waals surface area contributed by atoms with Crippen LogP contribution in [0, 0.1) is 23.2 Å². The van der Waals surface area contributed by atoms with Crippen molar-refractivity contribution in [2.24, 2.45) is 23.2 Å². The van der Waals surface area contributed by atoms with Crippen LogP contribution < -0.4 is 0 Å². The van der Waals surface area contributed by atoms with E-state index in [0.29, 0.717) is 29.7 Å². The first-order valence-corrected chi connectivity index (χ1v) is 12.3. The molecule has 1 aromatic carbocycles. The molecule has 4 fully saturated rings. The molecule has 1 heterocycles. The van der Waals surface area contributed by atoms with Crippen LogP contribution in [0.25, 0.3) is 11.4 Å². The van der Waals surface area contributed by atoms with Crippen molar-refractivity contribution in [1.29, 1.82) is 0 Å². The fraction of sp³-hybridized carbons (Fsp3) is 0.609. The summed E-state index contributed by atoms with van der Waals surface area (Å²) in [6.45, 7) is 1.21. The molecule has 4 saturated carbocycles. The number of benzene rings is 1. The second-order valence-electron chi connectivity index (χ2n) is 9.37. The van der Waals surface area contributed by atoms with Crippen LogP contribution in [0.3, 0.4) is 0 Å². The average Bonchev–Trinajstić information content (AvgIpc) is 3.12. The zero-order valence-corrected chi connectivity index (χ0v) is 18.9. The van der Waals surface area contributed by atoms with Gasteiger partial charge in [-0.05, 0) is 80.5 Å². The first-order valence-electron chi connectivity index (χ1n) is 10.9. The molecule has 7 heteroatoms. The third-order valence-electron chi connectivity index (χ3n) is 7.30. The summed E-state index contributed by atoms with van der Waals surface area (Å²) >= 11 is 7.57. The van der Waals surface area contributed by atoms with E-state index in [2.05, 4.69) is 14.8 Å². The quantitative estimate of drug-likeness (QED) is 0.527. The monoisotopic (exact) mass is 445 g/mol. The van der Waals surface area contributed by atoms with E-state index < -0.39 is 0 Å². The number of hydrogen-bond acceptors (Lipinski definition) is 5. The van der Waals surface area contributed by atoms with Crippen LogP contribution in [0.5, 0.6) is 0 Å². The number of thioether (sulfide) groups is 1. The van der Waals surface area contributed by atoms with Crippen molar-refractivity contribution in [1.82, 2.24) is 14.8 Å². The molecule has 0 saturated heterocycles. The molecule has 6 rings (SSSR count). The van der Waals surface area contributed by atoms with Gasteiger partial charge in [0.2, 0.25) is 0 Å². The highest BCUT2D eigenvalue weighted by molar-refractivity contribution is 7.99. The fourth-order valence-corrected chi connectivity index (χ4v) is 7.45. The Labute approximate surface area is 186 Å². The van der Waals surface area contributed by atoms with Gasteiger partial charge >= 0.3 is 0 Å². The second kappa shape index (κ2) is 8.29. The van der Waals surface area contributed by atoms with Gasteiger partial charge in [-0.15, -0.1) is 10.2 Å². The number of methoxy groups -OCH3 is 1. The van der Waals surface area contributed by atoms with Gasteiger partial charge in [0.25, 0.3) is 0 Å². The summed E-state index contributed by atoms with van der Waals surface area (Å²) in [6.07, 6.45) is 7.42. The average molecular weight is 446 g/mol. The van der Waals surface area contributed by atoms with E-state index in [0.717, 1.165) is 53.6 Å². The smallest absolute Gasteiger partial charge is 0.192 e. The van der Waals surface area contributed by atoms with Crippen LogP contribution in [0.2, 0.25) is 5.02 Å². The van der Waals surface area contributed by atoms with Gasteiger partial charge in [-0.25, -0.2) is 0 Å². The molecule has 2 aromatic rings. The Kier molecular flexibility index (Phi) is 5.67. The summed E-state index contributed by atoms with van der Waals surface area (Å²) in [4.78, 5) is 13.4. The van der Waals surface area contributed by atoms with Crippen LogP contribution >= 0.6 is 23.4 Å². The lowest BCUT2D eigenvalue weighted by molar-refractivity contribution is -0.141. The first-order chi connectivity index (χ1) is 14.6. The number of hydrogen-bond donors (Lipinski definition) is 0. The van der Waals surface area contributed by atoms with Crippen LogP contribution in [0.15, 0.2) is 29.4 Å². The zero-order valence-electron chi connectivity index (χ0n) is 17.3. The Morgan fingerprint density at radius 2 is 1.77 bits per heavy atom. The molecule has 5 nitrogen and oxygen atoms in total. The number of carbonyl (C=O) groups excluding carboxylic acids is 1. The number of carbonyl (C=O) groups is 1. The van der Waals surface area contributed by atoms with Gasteiger partial charge in [0, 0.05) is 23.1 Å². The molecular weight excluding hydrogens is 418 g/mol. The fourth-order valence-electron chi connectivity index (χ4n) is 6.33. The van der Waals surface area contributed by atoms with Crippen LogP contribution in [0.4, 0.5) is 0 Å². The Hall–Kier alpha value is -1.37. The molecule has 0 amide bonds. The summed E-state index contributed by atoms with van der Waals surface area (Å²) in [5, 5.41) is 10.3. The normalized spacial score (nSPS) is 29.5. The van der Waals surface area contributed by atoms with Crippen molar-refractivity contribution in [3.05, 3.63) is 29.3 Å². The van der Waals surface area contributed by atoms with Crippen LogP contribution in [0.1, 0.15) is 38.5 Å². The summed E-state index contributed by atoms with van der Waals surface area (Å²) in [6, 6.07) is 7.61. The second-order valence-corrected chi connectivity index (χ2v) is 10.7. The first kappa shape index (κ1) is 20.5. The lowest BCUT2D eigenvalue weighted by Gasteiger charge is -2.56. The summed E-state index contributed by atoms with van der Waals surface area (Å²) in [5.41, 5.74) is 0.903. The molecule has 0 N–H and O–H groups in total. The number of Topliss-reactive ketones (excluding diaryl/α,β-unsaturated/α-hetero) is 1. The van der Waals surface area contributed by atoms with Gasteiger partial charge in [-0.1, -0.05) is 23.4 Å². The highest BCUT2D eigenvalue weighted by Crippen LogP contribution is 2.60. The third-order valence-corrected chi connectivity index (χ3v) is 8.52. The van der Waals surface area contributed by atoms with Crippen molar-refractivity contribution in [2.75, 3.05) is 19.5 Å². The Balaban J connectivity index is 1.33. The molecule has 4 aliphatic carbocycles. The van der Waals surface area contributed by atoms with E-state index in [-0.39, 0.29) is 5.41 Å². The van der Waals surface area contributed by atoms with Gasteiger partial charge in [-0.2, -0.15) is 0 Å². The number of rotatable bonds is 8. The topological polar surface area (TPSA) is 57.0 Å². The number of ketones is 1. The lowest BCUT2D eigenvalue weighted by Crippen LogP contribution is -2.50. The Bertz CT molecular complexity index is 892. The van der Waals surface area contributed by atoms with Crippen LogP contribution in [-0.4, -0.2) is 40.0 Å². The van der Waals surface area contributed by atoms with Gasteiger partial charge in [0.15, 0.2) is 11.0 Å².